The van der Waals surface area contributed by atoms with Crippen molar-refractivity contribution in [3.05, 3.63) is 488 Å². The van der Waals surface area contributed by atoms with Crippen LogP contribution >= 0.6 is 0 Å². The van der Waals surface area contributed by atoms with Gasteiger partial charge in [0.15, 0.2) is 0 Å². The fourth-order valence-electron chi connectivity index (χ4n) is 15.7. The van der Waals surface area contributed by atoms with Gasteiger partial charge in [0.1, 0.15) is 0 Å². The predicted octanol–water partition coefficient (Wildman–Crippen LogP) is 32.3. The van der Waals surface area contributed by atoms with Gasteiger partial charge in [0.2, 0.25) is 17.1 Å². The third kappa shape index (κ3) is 27.3. The molecule has 0 fully saturated rings. The number of aryl methyl sites for hydroxylation is 11. The van der Waals surface area contributed by atoms with Gasteiger partial charge in [-0.15, -0.1) is 234 Å². The smallest absolute Gasteiger partial charge is 0.486 e. The number of hydrogen-bond donors (Lipinski definition) is 0. The maximum Gasteiger partial charge on any atom is 3.00 e. The molecule has 0 saturated heterocycles. The summed E-state index contributed by atoms with van der Waals surface area (Å²) in [5.74, 6) is -0.370. The minimum atomic E-state index is -2.50. The molecule has 19 heteroatoms. The summed E-state index contributed by atoms with van der Waals surface area (Å²) in [5.41, 5.74) is 27.5. The number of para-hydroxylation sites is 3. The molecular weight excluding hydrogens is 2530 g/mol. The predicted molar refractivity (Wildman–Crippen MR) is 587 cm³/mol. The first-order valence-corrected chi connectivity index (χ1v) is 46.2. The SMILES string of the molecule is CC(C)c1ccccc1-n1c(-c2[c-]cccc2)nc2ccccc21.Cc1ccc(-c2[c-]cccc2)nc1.Cc1ccc2c(n1)oc1c(-c3ccccn3)[c-]ccc12.Cc1ccnc(-c2[c-]ccc3c2oc2nc(C)ccc23)c1.Cc1cnc(-c2[c-]cccc2)cc1C.[2H]C([2H])([2H])C([2H])(C)c1ccnc(-c2[c-]ccc3c2oc2nc(C)ccc23)c1.[2H]C([2H])([2H])c1cnc(-c2[c-]cccc2)cc1C([2H])([2H])[2H].[2H]C([2H])([2H])c1cnc(-c2[c-]cccc2)cc1C([2H])([2H])[2H].[CH3-].[Ir+3].[Ir].[Ir].[Ir]. The van der Waals surface area contributed by atoms with Crippen molar-refractivity contribution in [2.75, 3.05) is 0 Å². The summed E-state index contributed by atoms with van der Waals surface area (Å²) in [4.78, 5) is 48.2. The third-order valence-electron chi connectivity index (χ3n) is 23.2. The van der Waals surface area contributed by atoms with Crippen molar-refractivity contribution in [3.8, 4) is 95.9 Å². The van der Waals surface area contributed by atoms with E-state index in [1.807, 2.05) is 216 Å². The molecule has 0 aliphatic rings. The summed E-state index contributed by atoms with van der Waals surface area (Å²) in [6.07, 6.45) is 11.1. The summed E-state index contributed by atoms with van der Waals surface area (Å²) in [5, 5.41) is 5.94. The van der Waals surface area contributed by atoms with Crippen LogP contribution in [0.5, 0.6) is 0 Å². The van der Waals surface area contributed by atoms with Gasteiger partial charge < -0.3 is 60.1 Å². The molecule has 0 amide bonds. The number of aromatic nitrogens is 12. The average Bonchev–Trinajstić information content (AvgIpc) is 1.59. The van der Waals surface area contributed by atoms with Crippen molar-refractivity contribution < 1.29 is 116 Å². The van der Waals surface area contributed by atoms with E-state index in [0.29, 0.717) is 68.0 Å². The molecule has 14 heterocycles. The van der Waals surface area contributed by atoms with Gasteiger partial charge in [0.05, 0.1) is 33.6 Å². The molecule has 3 radical (unpaired) electrons. The molecule has 148 heavy (non-hydrogen) atoms. The van der Waals surface area contributed by atoms with Crippen molar-refractivity contribution in [1.82, 2.24) is 59.4 Å². The molecule has 14 aromatic heterocycles. The molecule has 745 valence electrons. The Hall–Kier alpha value is -14.8. The number of benzene rings is 10. The fraction of sp³-hybridized carbons (Fsp3) is 0.132. The molecule has 0 aliphatic heterocycles. The van der Waals surface area contributed by atoms with Gasteiger partial charge in [-0.3, -0.25) is 4.98 Å². The van der Waals surface area contributed by atoms with Crippen LogP contribution in [0.1, 0.15) is 134 Å². The number of hydrogen-bond acceptors (Lipinski definition) is 14. The normalized spacial score (nSPS) is 12.9. The Kier molecular flexibility index (Phi) is 32.5. The van der Waals surface area contributed by atoms with E-state index in [1.54, 1.807) is 72.9 Å². The first-order valence-electron chi connectivity index (χ1n) is 54.2. The average molecular weight is 2660 g/mol. The van der Waals surface area contributed by atoms with E-state index in [-0.39, 0.29) is 110 Å². The number of imidazole rings is 1. The molecule has 24 rings (SSSR count). The molecule has 0 saturated carbocycles. The van der Waals surface area contributed by atoms with Crippen LogP contribution in [0.2, 0.25) is 0 Å². The third-order valence-corrected chi connectivity index (χ3v) is 23.2. The van der Waals surface area contributed by atoms with E-state index in [1.165, 1.54) is 53.2 Å². The molecule has 24 aromatic rings. The van der Waals surface area contributed by atoms with E-state index in [0.717, 1.165) is 146 Å². The van der Waals surface area contributed by atoms with Gasteiger partial charge in [-0.05, 0) is 228 Å². The number of furan rings is 3. The van der Waals surface area contributed by atoms with Gasteiger partial charge in [-0.2, -0.15) is 0 Å². The topological polar surface area (TPSA) is 186 Å². The second-order valence-electron chi connectivity index (χ2n) is 34.0. The summed E-state index contributed by atoms with van der Waals surface area (Å²) in [6, 6.07) is 125. The van der Waals surface area contributed by atoms with Gasteiger partial charge >= 0.3 is 20.1 Å². The molecular formula is C129H109Ir4N12O3-6. The maximum atomic E-state index is 8.32. The summed E-state index contributed by atoms with van der Waals surface area (Å²) < 4.78 is 141. The molecule has 0 bridgehead atoms. The zero-order chi connectivity index (χ0) is 113. The van der Waals surface area contributed by atoms with Crippen LogP contribution in [0.25, 0.3) is 173 Å². The number of pyridine rings is 10. The maximum absolute atomic E-state index is 8.32. The second-order valence-corrected chi connectivity index (χ2v) is 34.0. The van der Waals surface area contributed by atoms with E-state index in [2.05, 4.69) is 204 Å². The quantitative estimate of drug-likeness (QED) is 0.111. The van der Waals surface area contributed by atoms with E-state index >= 15 is 0 Å². The van der Waals surface area contributed by atoms with Crippen LogP contribution in [-0.4, -0.2) is 59.4 Å². The Morgan fingerprint density at radius 3 is 1.16 bits per heavy atom. The van der Waals surface area contributed by atoms with E-state index in [9.17, 15) is 0 Å². The van der Waals surface area contributed by atoms with Crippen LogP contribution in [0, 0.1) is 132 Å². The van der Waals surface area contributed by atoms with Gasteiger partial charge in [0.25, 0.3) is 0 Å². The molecule has 10 aromatic carbocycles. The fourth-order valence-corrected chi connectivity index (χ4v) is 15.7. The molecule has 0 aliphatic carbocycles. The Labute approximate surface area is 943 Å². The van der Waals surface area contributed by atoms with E-state index in [4.69, 9.17) is 40.2 Å². The minimum Gasteiger partial charge on any atom is -0.486 e. The summed E-state index contributed by atoms with van der Waals surface area (Å²) in [7, 11) is 0. The zero-order valence-electron chi connectivity index (χ0n) is 98.6. The van der Waals surface area contributed by atoms with Crippen molar-refractivity contribution in [2.45, 2.75) is 115 Å². The van der Waals surface area contributed by atoms with Gasteiger partial charge in [-0.25, -0.2) is 15.0 Å². The Bertz CT molecular complexity index is 9080. The first-order chi connectivity index (χ1) is 76.0. The summed E-state index contributed by atoms with van der Waals surface area (Å²) in [6.45, 7) is 7.44. The minimum absolute atomic E-state index is 0. The summed E-state index contributed by atoms with van der Waals surface area (Å²) >= 11 is 0. The Morgan fingerprint density at radius 2 is 0.723 bits per heavy atom. The molecule has 1 atom stereocenters. The van der Waals surface area contributed by atoms with Gasteiger partial charge in [-0.1, -0.05) is 173 Å². The van der Waals surface area contributed by atoms with Crippen molar-refractivity contribution in [2.24, 2.45) is 0 Å². The second kappa shape index (κ2) is 53.0. The number of rotatable bonds is 11. The van der Waals surface area contributed by atoms with Crippen molar-refractivity contribution >= 4 is 77.2 Å². The first kappa shape index (κ1) is 90.7. The zero-order valence-corrected chi connectivity index (χ0v) is 92.1. The van der Waals surface area contributed by atoms with Crippen LogP contribution < -0.4 is 0 Å². The molecule has 0 spiro atoms. The van der Waals surface area contributed by atoms with Crippen molar-refractivity contribution in [1.29, 1.82) is 0 Å². The Morgan fingerprint density at radius 1 is 0.311 bits per heavy atom. The number of fused-ring (bicyclic) bond motifs is 10. The van der Waals surface area contributed by atoms with Crippen molar-refractivity contribution in [3.63, 3.8) is 0 Å². The molecule has 0 N–H and O–H groups in total. The largest absolute Gasteiger partial charge is 3.00 e. The Balaban J connectivity index is 0.000000165. The van der Waals surface area contributed by atoms with Crippen LogP contribution in [-0.2, 0) is 80.4 Å². The van der Waals surface area contributed by atoms with Gasteiger partial charge in [0, 0.05) is 165 Å². The number of nitrogens with zero attached hydrogens (tertiary/aromatic N) is 12. The van der Waals surface area contributed by atoms with Crippen LogP contribution in [0.4, 0.5) is 0 Å². The van der Waals surface area contributed by atoms with Crippen LogP contribution in [0.15, 0.2) is 372 Å². The van der Waals surface area contributed by atoms with E-state index < -0.39 is 40.2 Å². The molecule has 1 unspecified atom stereocenters. The monoisotopic (exact) mass is 2660 g/mol. The van der Waals surface area contributed by atoms with Crippen LogP contribution in [0.3, 0.4) is 0 Å². The standard InChI is InChI=1S/C22H19N2.C20H17N2O.C18H13N2O.C17H11N2O.3C13H12N.C12H10N.CH3.4Ir/c1-16(2)18-12-6-8-14-20(18)24-21-15-9-7-13-19(21)23-22(24)17-10-4-3-5-11-17;1-12(2)14-9-10-21-18(11-14)17-6-4-5-15-16-8-7-13(3)22-20(16)23-19(15)17;1-11-8-9-19-16(10-11)15-5-3-4-13-14-7-6-12(2)20-18(14)21-17(13)15;1-11-8-9-13-12-5-4-6-14(15-7-2-3-10-18-15)16(12)20-17(13)19-11;3*1-10-8-13(14-9-11(10)2)12-6-4-3-5-7-12;1-10-7-8-12(13-9-10)11-5-3-2-4-6-11;;;;;/h3-10,12-16H,1-2H3;4-5,7-12H,1-3H3;3-4,6-10H,1-2H3;2-5,7-10H,1H3;3*3-6,8-9H,1-2H3;2-5,7-9H,1H3;1H3;;;;/q9*-1;;;;+3/i;1D3,12D;;;2*1D3,2D3;;;;;;;. The molecule has 15 nitrogen and oxygen atoms in total.